The number of hydrogen-bond donors (Lipinski definition) is 2. The molecule has 1 fully saturated rings. The molecule has 0 saturated heterocycles. The van der Waals surface area contributed by atoms with E-state index < -0.39 is 11.4 Å². The molecule has 2 aromatic carbocycles. The van der Waals surface area contributed by atoms with E-state index in [0.717, 1.165) is 29.1 Å². The van der Waals surface area contributed by atoms with Gasteiger partial charge in [-0.3, -0.25) is 4.79 Å². The van der Waals surface area contributed by atoms with Crippen molar-refractivity contribution in [3.63, 3.8) is 0 Å². The second kappa shape index (κ2) is 7.84. The molecule has 1 aliphatic carbocycles. The summed E-state index contributed by atoms with van der Waals surface area (Å²) in [6.07, 6.45) is 3.81. The van der Waals surface area contributed by atoms with Crippen molar-refractivity contribution in [1.82, 2.24) is 14.7 Å². The van der Waals surface area contributed by atoms with Crippen LogP contribution in [0.15, 0.2) is 59.6 Å². The quantitative estimate of drug-likeness (QED) is 0.595. The van der Waals surface area contributed by atoms with Crippen LogP contribution >= 0.6 is 0 Å². The summed E-state index contributed by atoms with van der Waals surface area (Å²) in [5.74, 6) is 0.939. The van der Waals surface area contributed by atoms with Crippen molar-refractivity contribution >= 4 is 46.1 Å². The van der Waals surface area contributed by atoms with Crippen molar-refractivity contribution in [3.8, 4) is 0 Å². The number of carbonyl (C=O) groups is 1. The van der Waals surface area contributed by atoms with E-state index in [0.29, 0.717) is 29.1 Å². The molecule has 158 valence electrons. The molecule has 1 amide bonds. The number of carbonyl (C=O) groups excluding carboxylic acids is 1. The first-order valence-corrected chi connectivity index (χ1v) is 11.2. The zero-order valence-electron chi connectivity index (χ0n) is 17.2. The van der Waals surface area contributed by atoms with Crippen molar-refractivity contribution in [2.75, 3.05) is 29.2 Å². The third kappa shape index (κ3) is 3.83. The number of nitrogens with zero attached hydrogens (tertiary/aromatic N) is 4. The highest BCUT2D eigenvalue weighted by molar-refractivity contribution is 7.89. The number of amides is 1. The molecule has 1 atom stereocenters. The molecule has 0 spiro atoms. The second-order valence-corrected chi connectivity index (χ2v) is 8.90. The van der Waals surface area contributed by atoms with Gasteiger partial charge in [0.1, 0.15) is 5.69 Å². The van der Waals surface area contributed by atoms with Gasteiger partial charge in [0.25, 0.3) is 5.91 Å². The Morgan fingerprint density at radius 1 is 1.03 bits per heavy atom. The molecule has 2 heterocycles. The Kier molecular flexibility index (Phi) is 5.01. The van der Waals surface area contributed by atoms with Crippen LogP contribution in [0.25, 0.3) is 0 Å². The minimum Gasteiger partial charge on any atom is -0.593 e. The van der Waals surface area contributed by atoms with Gasteiger partial charge in [0.2, 0.25) is 5.95 Å². The predicted octanol–water partition coefficient (Wildman–Crippen LogP) is 3.35. The summed E-state index contributed by atoms with van der Waals surface area (Å²) >= 11 is -1.20. The number of anilines is 5. The summed E-state index contributed by atoms with van der Waals surface area (Å²) in [7, 11) is 3.61. The zero-order valence-corrected chi connectivity index (χ0v) is 18.0. The molecular weight excluding hydrogens is 412 g/mol. The normalized spacial score (nSPS) is 16.4. The number of fused-ring (bicyclic) bond motifs is 2. The molecule has 1 aromatic heterocycles. The molecule has 9 heteroatoms. The van der Waals surface area contributed by atoms with Crippen LogP contribution in [-0.2, 0) is 11.4 Å². The number of hydrogen-bond acceptors (Lipinski definition) is 7. The summed E-state index contributed by atoms with van der Waals surface area (Å²) < 4.78 is 15.4. The maximum Gasteiger partial charge on any atom is 0.260 e. The smallest absolute Gasteiger partial charge is 0.260 e. The SMILES string of the molecule is CN1C(=O)c2ccccc2N(C)c2nc(Nc3ccc([S+]([O-])NC4CC4)cc3)ncc21. The third-order valence-corrected chi connectivity index (χ3v) is 6.65. The van der Waals surface area contributed by atoms with E-state index in [-0.39, 0.29) is 5.91 Å². The Balaban J connectivity index is 1.41. The minimum absolute atomic E-state index is 0.103. The standard InChI is InChI=1S/C22H22N6O2S/c1-27-18-6-4-3-5-17(18)21(29)28(2)19-13-23-22(25-20(19)27)24-14-9-11-16(12-10-14)31(30)26-15-7-8-15/h3-6,9-13,15,26H,7-8H2,1-2H3,(H,23,24,25). The lowest BCUT2D eigenvalue weighted by Gasteiger charge is -2.21. The van der Waals surface area contributed by atoms with Crippen LogP contribution in [0.5, 0.6) is 0 Å². The van der Waals surface area contributed by atoms with E-state index in [2.05, 4.69) is 20.0 Å². The van der Waals surface area contributed by atoms with Crippen LogP contribution < -0.4 is 19.8 Å². The third-order valence-electron chi connectivity index (χ3n) is 5.41. The summed E-state index contributed by atoms with van der Waals surface area (Å²) in [6, 6.07) is 15.2. The highest BCUT2D eigenvalue weighted by atomic mass is 32.2. The van der Waals surface area contributed by atoms with E-state index in [4.69, 9.17) is 0 Å². The summed E-state index contributed by atoms with van der Waals surface area (Å²) in [4.78, 5) is 26.2. The van der Waals surface area contributed by atoms with Crippen LogP contribution in [0.2, 0.25) is 0 Å². The second-order valence-electron chi connectivity index (χ2n) is 7.65. The molecule has 1 saturated carbocycles. The fourth-order valence-corrected chi connectivity index (χ4v) is 4.53. The van der Waals surface area contributed by atoms with Gasteiger partial charge in [0, 0.05) is 19.8 Å². The van der Waals surface area contributed by atoms with Crippen molar-refractivity contribution < 1.29 is 9.35 Å². The van der Waals surface area contributed by atoms with E-state index in [1.807, 2.05) is 60.5 Å². The Bertz CT molecular complexity index is 1140. The lowest BCUT2D eigenvalue weighted by molar-refractivity contribution is 0.0994. The van der Waals surface area contributed by atoms with Crippen LogP contribution in [0.3, 0.4) is 0 Å². The van der Waals surface area contributed by atoms with Gasteiger partial charge >= 0.3 is 0 Å². The first kappa shape index (κ1) is 19.8. The van der Waals surface area contributed by atoms with Gasteiger partial charge in [-0.2, -0.15) is 4.98 Å². The van der Waals surface area contributed by atoms with Crippen molar-refractivity contribution in [3.05, 3.63) is 60.3 Å². The van der Waals surface area contributed by atoms with Crippen molar-refractivity contribution in [2.24, 2.45) is 0 Å². The van der Waals surface area contributed by atoms with Gasteiger partial charge in [0.15, 0.2) is 10.7 Å². The average Bonchev–Trinajstić information content (AvgIpc) is 3.62. The topological polar surface area (TPSA) is 96.5 Å². The molecule has 1 unspecified atom stereocenters. The fraction of sp³-hybridized carbons (Fsp3) is 0.227. The Morgan fingerprint density at radius 2 is 1.77 bits per heavy atom. The molecule has 31 heavy (non-hydrogen) atoms. The first-order chi connectivity index (χ1) is 15.0. The number of rotatable bonds is 5. The summed E-state index contributed by atoms with van der Waals surface area (Å²) in [5, 5.41) is 3.19. The molecule has 0 bridgehead atoms. The van der Waals surface area contributed by atoms with E-state index in [1.54, 1.807) is 18.1 Å². The Labute approximate surface area is 183 Å². The van der Waals surface area contributed by atoms with E-state index in [9.17, 15) is 9.35 Å². The van der Waals surface area contributed by atoms with Crippen LogP contribution in [0.1, 0.15) is 23.2 Å². The molecule has 1 aliphatic heterocycles. The van der Waals surface area contributed by atoms with Gasteiger partial charge in [-0.05, 0) is 49.2 Å². The lowest BCUT2D eigenvalue weighted by Crippen LogP contribution is -2.25. The first-order valence-electron chi connectivity index (χ1n) is 10.0. The van der Waals surface area contributed by atoms with Crippen molar-refractivity contribution in [1.29, 1.82) is 0 Å². The zero-order chi connectivity index (χ0) is 21.5. The molecule has 2 N–H and O–H groups in total. The predicted molar refractivity (Wildman–Crippen MR) is 122 cm³/mol. The summed E-state index contributed by atoms with van der Waals surface area (Å²) in [6.45, 7) is 0. The van der Waals surface area contributed by atoms with Gasteiger partial charge in [-0.25, -0.2) is 4.98 Å². The van der Waals surface area contributed by atoms with E-state index in [1.165, 1.54) is 0 Å². The van der Waals surface area contributed by atoms with Gasteiger partial charge in [-0.1, -0.05) is 12.1 Å². The highest BCUT2D eigenvalue weighted by Gasteiger charge is 2.29. The number of aromatic nitrogens is 2. The minimum atomic E-state index is -1.20. The Hall–Kier alpha value is -3.14. The number of para-hydroxylation sites is 1. The molecule has 8 nitrogen and oxygen atoms in total. The van der Waals surface area contributed by atoms with Gasteiger partial charge < -0.3 is 19.7 Å². The molecule has 5 rings (SSSR count). The molecular formula is C22H22N6O2S. The lowest BCUT2D eigenvalue weighted by atomic mass is 10.1. The van der Waals surface area contributed by atoms with Crippen LogP contribution in [0, 0.1) is 0 Å². The molecule has 2 aliphatic rings. The van der Waals surface area contributed by atoms with Gasteiger partial charge in [-0.15, -0.1) is 4.72 Å². The largest absolute Gasteiger partial charge is 0.593 e. The average molecular weight is 435 g/mol. The monoisotopic (exact) mass is 434 g/mol. The van der Waals surface area contributed by atoms with Crippen molar-refractivity contribution in [2.45, 2.75) is 23.8 Å². The van der Waals surface area contributed by atoms with Crippen LogP contribution in [0.4, 0.5) is 28.8 Å². The number of nitrogens with one attached hydrogen (secondary N) is 2. The molecule has 3 aromatic rings. The molecule has 0 radical (unpaired) electrons. The van der Waals surface area contributed by atoms with E-state index >= 15 is 0 Å². The summed E-state index contributed by atoms with van der Waals surface area (Å²) in [5.41, 5.74) is 2.82. The van der Waals surface area contributed by atoms with Gasteiger partial charge in [0.05, 0.1) is 34.9 Å². The maximum absolute atomic E-state index is 12.9. The number of benzene rings is 2. The Morgan fingerprint density at radius 3 is 2.52 bits per heavy atom. The maximum atomic E-state index is 12.9. The van der Waals surface area contributed by atoms with Crippen LogP contribution in [-0.4, -0.2) is 40.6 Å². The fourth-order valence-electron chi connectivity index (χ4n) is 3.47. The highest BCUT2D eigenvalue weighted by Crippen LogP contribution is 2.38.